The van der Waals surface area contributed by atoms with Gasteiger partial charge in [-0.25, -0.2) is 0 Å². The van der Waals surface area contributed by atoms with Crippen molar-refractivity contribution in [3.63, 3.8) is 0 Å². The molecule has 0 unspecified atom stereocenters. The molecule has 0 aliphatic heterocycles. The van der Waals surface area contributed by atoms with Crippen LogP contribution in [-0.2, 0) is 5.54 Å². The first-order valence-electron chi connectivity index (χ1n) is 8.47. The Hall–Kier alpha value is -2.60. The van der Waals surface area contributed by atoms with Crippen molar-refractivity contribution in [2.24, 2.45) is 0 Å². The van der Waals surface area contributed by atoms with E-state index in [-0.39, 0.29) is 19.5 Å². The van der Waals surface area contributed by atoms with Crippen molar-refractivity contribution in [3.05, 3.63) is 59.0 Å². The van der Waals surface area contributed by atoms with Crippen molar-refractivity contribution >= 4 is 41.6 Å². The zero-order valence-electron chi connectivity index (χ0n) is 15.8. The first-order valence-corrected chi connectivity index (χ1v) is 9.25. The first kappa shape index (κ1) is 19.2. The van der Waals surface area contributed by atoms with Gasteiger partial charge in [-0.3, -0.25) is 13.7 Å². The minimum absolute atomic E-state index is 0. The number of rotatable bonds is 2. The Labute approximate surface area is 164 Å². The Balaban J connectivity index is 0.00000210. The SMILES string of the molecule is COc1ccc2c(cnc3cc(-c4cc(=O)n(C(C)(C)C)s4)ccc32)c1.[B]. The summed E-state index contributed by atoms with van der Waals surface area (Å²) in [6.45, 7) is 6.12. The average Bonchev–Trinajstić information content (AvgIpc) is 3.02. The molecule has 2 aromatic carbocycles. The molecule has 2 aromatic heterocycles. The standard InChI is InChI=1S/C21H20N2O2S.B/c1-21(2,3)23-20(24)11-19(26-23)13-5-7-17-16-8-6-15(25-4)9-14(16)12-22-18(17)10-13;/h5-12H,1-4H3;. The molecule has 0 atom stereocenters. The molecule has 0 amide bonds. The molecule has 4 aromatic rings. The highest BCUT2D eigenvalue weighted by atomic mass is 32.1. The van der Waals surface area contributed by atoms with Crippen molar-refractivity contribution in [3.8, 4) is 16.2 Å². The normalized spacial score (nSPS) is 11.6. The van der Waals surface area contributed by atoms with Crippen LogP contribution >= 0.6 is 11.5 Å². The summed E-state index contributed by atoms with van der Waals surface area (Å²) in [5.41, 5.74) is 1.76. The van der Waals surface area contributed by atoms with Crippen LogP contribution in [0.3, 0.4) is 0 Å². The molecule has 2 heterocycles. The highest BCUT2D eigenvalue weighted by molar-refractivity contribution is 7.10. The second kappa shape index (κ2) is 6.85. The third kappa shape index (κ3) is 3.37. The molecule has 4 rings (SSSR count). The van der Waals surface area contributed by atoms with Gasteiger partial charge >= 0.3 is 0 Å². The number of methoxy groups -OCH3 is 1. The van der Waals surface area contributed by atoms with E-state index in [9.17, 15) is 4.79 Å². The molecule has 0 N–H and O–H groups in total. The average molecular weight is 375 g/mol. The molecule has 0 bridgehead atoms. The fourth-order valence-electron chi connectivity index (χ4n) is 3.12. The number of fused-ring (bicyclic) bond motifs is 3. The summed E-state index contributed by atoms with van der Waals surface area (Å²) in [6, 6.07) is 13.9. The predicted molar refractivity (Wildman–Crippen MR) is 114 cm³/mol. The summed E-state index contributed by atoms with van der Waals surface area (Å²) in [6.07, 6.45) is 1.87. The summed E-state index contributed by atoms with van der Waals surface area (Å²) in [5, 5.41) is 3.28. The number of ether oxygens (including phenoxy) is 1. The summed E-state index contributed by atoms with van der Waals surface area (Å²) < 4.78 is 7.11. The van der Waals surface area contributed by atoms with E-state index in [1.54, 1.807) is 13.2 Å². The van der Waals surface area contributed by atoms with Crippen LogP contribution in [0.25, 0.3) is 32.1 Å². The van der Waals surface area contributed by atoms with Crippen molar-refractivity contribution < 1.29 is 4.74 Å². The molecule has 0 aliphatic carbocycles. The van der Waals surface area contributed by atoms with Crippen LogP contribution in [0, 0.1) is 0 Å². The highest BCUT2D eigenvalue weighted by Crippen LogP contribution is 2.32. The maximum Gasteiger partial charge on any atom is 0.261 e. The zero-order chi connectivity index (χ0) is 18.5. The van der Waals surface area contributed by atoms with Gasteiger partial charge in [0.15, 0.2) is 0 Å². The largest absolute Gasteiger partial charge is 0.497 e. The van der Waals surface area contributed by atoms with E-state index in [4.69, 9.17) is 4.74 Å². The van der Waals surface area contributed by atoms with Crippen LogP contribution < -0.4 is 10.3 Å². The van der Waals surface area contributed by atoms with Crippen LogP contribution in [0.5, 0.6) is 5.75 Å². The Morgan fingerprint density at radius 1 is 1.04 bits per heavy atom. The van der Waals surface area contributed by atoms with E-state index in [0.717, 1.165) is 37.9 Å². The second-order valence-electron chi connectivity index (χ2n) is 7.35. The Morgan fingerprint density at radius 2 is 1.78 bits per heavy atom. The third-order valence-corrected chi connectivity index (χ3v) is 5.89. The van der Waals surface area contributed by atoms with E-state index in [1.165, 1.54) is 11.5 Å². The minimum Gasteiger partial charge on any atom is -0.497 e. The number of aromatic nitrogens is 2. The van der Waals surface area contributed by atoms with Crippen LogP contribution in [0.2, 0.25) is 0 Å². The van der Waals surface area contributed by atoms with Gasteiger partial charge in [0.25, 0.3) is 5.56 Å². The molecular weight excluding hydrogens is 355 g/mol. The zero-order valence-corrected chi connectivity index (χ0v) is 16.6. The molecule has 0 spiro atoms. The van der Waals surface area contributed by atoms with Gasteiger partial charge in [0.1, 0.15) is 5.75 Å². The number of hydrogen-bond acceptors (Lipinski definition) is 4. The lowest BCUT2D eigenvalue weighted by molar-refractivity contribution is 0.415. The van der Waals surface area contributed by atoms with Gasteiger partial charge in [0.2, 0.25) is 0 Å². The first-order chi connectivity index (χ1) is 12.4. The lowest BCUT2D eigenvalue weighted by atomic mass is 10.0. The lowest BCUT2D eigenvalue weighted by Crippen LogP contribution is -2.28. The molecule has 27 heavy (non-hydrogen) atoms. The van der Waals surface area contributed by atoms with Gasteiger partial charge < -0.3 is 4.74 Å². The van der Waals surface area contributed by atoms with Gasteiger partial charge in [0, 0.05) is 31.4 Å². The summed E-state index contributed by atoms with van der Waals surface area (Å²) in [4.78, 5) is 17.9. The van der Waals surface area contributed by atoms with Crippen molar-refractivity contribution in [1.29, 1.82) is 0 Å². The van der Waals surface area contributed by atoms with E-state index < -0.39 is 0 Å². The van der Waals surface area contributed by atoms with Crippen LogP contribution in [0.15, 0.2) is 53.5 Å². The molecule has 0 saturated carbocycles. The Bertz CT molecular complexity index is 1190. The van der Waals surface area contributed by atoms with Gasteiger partial charge in [0.05, 0.1) is 23.0 Å². The molecule has 6 heteroatoms. The topological polar surface area (TPSA) is 44.1 Å². The molecule has 3 radical (unpaired) electrons. The second-order valence-corrected chi connectivity index (χ2v) is 8.33. The summed E-state index contributed by atoms with van der Waals surface area (Å²) in [5.74, 6) is 0.823. The number of pyridine rings is 1. The lowest BCUT2D eigenvalue weighted by Gasteiger charge is -2.18. The maximum absolute atomic E-state index is 12.3. The maximum atomic E-state index is 12.3. The number of benzene rings is 2. The van der Waals surface area contributed by atoms with Gasteiger partial charge in [-0.05, 0) is 56.0 Å². The van der Waals surface area contributed by atoms with E-state index in [1.807, 2.05) is 43.1 Å². The fraction of sp³-hybridized carbons (Fsp3) is 0.238. The molecular formula is C21H20BN2O2S. The monoisotopic (exact) mass is 375 g/mol. The minimum atomic E-state index is -0.218. The number of hydrogen-bond donors (Lipinski definition) is 0. The predicted octanol–water partition coefficient (Wildman–Crippen LogP) is 4.66. The van der Waals surface area contributed by atoms with Crippen molar-refractivity contribution in [2.45, 2.75) is 26.3 Å². The van der Waals surface area contributed by atoms with Gasteiger partial charge in [-0.15, -0.1) is 0 Å². The van der Waals surface area contributed by atoms with Crippen LogP contribution in [-0.4, -0.2) is 24.5 Å². The van der Waals surface area contributed by atoms with Crippen LogP contribution in [0.1, 0.15) is 20.8 Å². The Kier molecular flexibility index (Phi) is 4.87. The molecule has 0 fully saturated rings. The van der Waals surface area contributed by atoms with Crippen molar-refractivity contribution in [2.75, 3.05) is 7.11 Å². The van der Waals surface area contributed by atoms with E-state index >= 15 is 0 Å². The van der Waals surface area contributed by atoms with Crippen molar-refractivity contribution in [1.82, 2.24) is 8.94 Å². The highest BCUT2D eigenvalue weighted by Gasteiger charge is 2.18. The molecule has 0 aliphatic rings. The van der Waals surface area contributed by atoms with Gasteiger partial charge in [-0.2, -0.15) is 0 Å². The third-order valence-electron chi connectivity index (χ3n) is 4.43. The van der Waals surface area contributed by atoms with Crippen LogP contribution in [0.4, 0.5) is 0 Å². The fourth-order valence-corrected chi connectivity index (χ4v) is 4.12. The van der Waals surface area contributed by atoms with E-state index in [0.29, 0.717) is 0 Å². The smallest absolute Gasteiger partial charge is 0.261 e. The van der Waals surface area contributed by atoms with E-state index in [2.05, 4.69) is 29.2 Å². The molecule has 4 nitrogen and oxygen atoms in total. The number of nitrogens with zero attached hydrogens (tertiary/aromatic N) is 2. The molecule has 135 valence electrons. The molecule has 0 saturated heterocycles. The Morgan fingerprint density at radius 3 is 2.44 bits per heavy atom. The summed E-state index contributed by atoms with van der Waals surface area (Å²) >= 11 is 1.50. The quantitative estimate of drug-likeness (QED) is 0.378. The summed E-state index contributed by atoms with van der Waals surface area (Å²) in [7, 11) is 1.66. The van der Waals surface area contributed by atoms with Gasteiger partial charge in [-0.1, -0.05) is 23.7 Å².